The van der Waals surface area contributed by atoms with Gasteiger partial charge in [-0.15, -0.1) is 11.3 Å². The molecule has 0 unspecified atom stereocenters. The van der Waals surface area contributed by atoms with Crippen molar-refractivity contribution in [3.05, 3.63) is 35.9 Å². The quantitative estimate of drug-likeness (QED) is 0.575. The molecule has 0 radical (unpaired) electrons. The second-order valence-electron chi connectivity index (χ2n) is 7.48. The van der Waals surface area contributed by atoms with E-state index in [4.69, 9.17) is 9.88 Å². The molecule has 0 saturated heterocycles. The lowest BCUT2D eigenvalue weighted by Crippen LogP contribution is -2.50. The van der Waals surface area contributed by atoms with Gasteiger partial charge in [-0.25, -0.2) is 22.0 Å². The third-order valence-corrected chi connectivity index (χ3v) is 11.0. The van der Waals surface area contributed by atoms with E-state index < -0.39 is 41.9 Å². The van der Waals surface area contributed by atoms with E-state index in [0.29, 0.717) is 17.8 Å². The highest BCUT2D eigenvalue weighted by Gasteiger charge is 2.54. The number of carbonyl (C=O) groups excluding carboxylic acids is 2. The van der Waals surface area contributed by atoms with Crippen molar-refractivity contribution in [1.82, 2.24) is 5.32 Å². The van der Waals surface area contributed by atoms with Crippen molar-refractivity contribution < 1.29 is 31.2 Å². The summed E-state index contributed by atoms with van der Waals surface area (Å²) in [6.45, 7) is 1.37. The van der Waals surface area contributed by atoms with Crippen LogP contribution in [0.1, 0.15) is 25.3 Å². The van der Waals surface area contributed by atoms with E-state index in [-0.39, 0.29) is 33.4 Å². The molecule has 2 atom stereocenters. The summed E-state index contributed by atoms with van der Waals surface area (Å²) >= 11 is 0.550. The normalized spacial score (nSPS) is 26.9. The predicted octanol–water partition coefficient (Wildman–Crippen LogP) is 0.666. The fraction of sp³-hybridized carbons (Fsp3) is 0.444. The third-order valence-electron chi connectivity index (χ3n) is 5.47. The van der Waals surface area contributed by atoms with Crippen molar-refractivity contribution in [2.45, 2.75) is 39.4 Å². The number of primary sulfonamides is 1. The Morgan fingerprint density at radius 1 is 1.33 bits per heavy atom. The smallest absolute Gasteiger partial charge is 0.316 e. The van der Waals surface area contributed by atoms with E-state index in [1.807, 2.05) is 6.08 Å². The lowest BCUT2D eigenvalue weighted by Gasteiger charge is -2.29. The number of ether oxygens (including phenoxy) is 1. The maximum Gasteiger partial charge on any atom is 0.316 e. The number of hydrogen-bond donors (Lipinski definition) is 2. The minimum absolute atomic E-state index is 0.0628. The molecule has 30 heavy (non-hydrogen) atoms. The molecule has 1 aliphatic carbocycles. The summed E-state index contributed by atoms with van der Waals surface area (Å²) in [5.74, 6) is -1.15. The molecule has 1 aromatic rings. The van der Waals surface area contributed by atoms with Crippen LogP contribution in [0, 0.1) is 5.41 Å². The Kier molecular flexibility index (Phi) is 5.73. The van der Waals surface area contributed by atoms with Crippen molar-refractivity contribution in [2.24, 2.45) is 10.6 Å². The molecule has 2 heterocycles. The number of amides is 1. The van der Waals surface area contributed by atoms with E-state index in [2.05, 4.69) is 5.32 Å². The number of methoxy groups -OCH3 is 1. The van der Waals surface area contributed by atoms with Crippen LogP contribution in [0.3, 0.4) is 0 Å². The molecule has 3 rings (SSSR count). The zero-order valence-corrected chi connectivity index (χ0v) is 18.8. The van der Waals surface area contributed by atoms with Crippen molar-refractivity contribution in [1.29, 1.82) is 0 Å². The van der Waals surface area contributed by atoms with E-state index >= 15 is 0 Å². The van der Waals surface area contributed by atoms with Crippen LogP contribution in [0.2, 0.25) is 0 Å². The number of hydrogen-bond acceptors (Lipinski definition) is 8. The van der Waals surface area contributed by atoms with Gasteiger partial charge in [-0.05, 0) is 31.4 Å². The molecule has 0 spiro atoms. The molecular formula is C18H22N2O7S3. The Morgan fingerprint density at radius 3 is 2.57 bits per heavy atom. The van der Waals surface area contributed by atoms with Crippen LogP contribution >= 0.6 is 11.3 Å². The molecule has 1 aliphatic heterocycles. The summed E-state index contributed by atoms with van der Waals surface area (Å²) in [7, 11) is -6.85. The number of nitrogens with one attached hydrogen (secondary N) is 1. The number of rotatable bonds is 6. The fourth-order valence-electron chi connectivity index (χ4n) is 3.64. The zero-order chi connectivity index (χ0) is 22.4. The summed E-state index contributed by atoms with van der Waals surface area (Å²) < 4.78 is 51.7. The Labute approximate surface area is 179 Å². The molecule has 164 valence electrons. The van der Waals surface area contributed by atoms with Crippen LogP contribution in [0.15, 0.2) is 38.8 Å². The highest BCUT2D eigenvalue weighted by molar-refractivity contribution is 7.97. The van der Waals surface area contributed by atoms with Gasteiger partial charge >= 0.3 is 5.97 Å². The van der Waals surface area contributed by atoms with Gasteiger partial charge in [0.2, 0.25) is 25.8 Å². The number of thiophene rings is 1. The third kappa shape index (κ3) is 3.61. The first kappa shape index (κ1) is 22.7. The van der Waals surface area contributed by atoms with Gasteiger partial charge in [-0.2, -0.15) is 0 Å². The fourth-order valence-corrected chi connectivity index (χ4v) is 8.27. The minimum Gasteiger partial charge on any atom is -0.468 e. The van der Waals surface area contributed by atoms with Crippen LogP contribution in [0.5, 0.6) is 0 Å². The Bertz CT molecular complexity index is 1160. The Balaban J connectivity index is 1.75. The highest BCUT2D eigenvalue weighted by atomic mass is 32.3. The topological polar surface area (TPSA) is 150 Å². The van der Waals surface area contributed by atoms with Gasteiger partial charge in [0.15, 0.2) is 4.75 Å². The SMILES string of the molecule is COC(=O)[C@@]1(CCNC(=O)[C@]2(C)Cc3cc(S(N)(=O)=O)sc3S2(=O)=O)C=CC=CC1. The second-order valence-corrected chi connectivity index (χ2v) is 12.9. The van der Waals surface area contributed by atoms with Crippen molar-refractivity contribution in [3.8, 4) is 0 Å². The van der Waals surface area contributed by atoms with Crippen LogP contribution < -0.4 is 10.5 Å². The van der Waals surface area contributed by atoms with Crippen LogP contribution in [-0.4, -0.2) is 47.1 Å². The van der Waals surface area contributed by atoms with E-state index in [1.54, 1.807) is 18.2 Å². The van der Waals surface area contributed by atoms with E-state index in [9.17, 15) is 26.4 Å². The van der Waals surface area contributed by atoms with E-state index in [1.165, 1.54) is 20.1 Å². The van der Waals surface area contributed by atoms with Gasteiger partial charge in [0.1, 0.15) is 8.42 Å². The predicted molar refractivity (Wildman–Crippen MR) is 110 cm³/mol. The standard InChI is InChI=1S/C18H22N2O7S3/c1-17(11-12-10-13(30(19,25)26)28-14(12)29(17,23)24)15(21)20-9-8-18(16(22)27-2)6-4-3-5-7-18/h3-6,10H,7-9,11H2,1-2H3,(H,20,21)(H2,19,25,26)/t17-,18-/m0/s1. The Hall–Kier alpha value is -2.02. The highest BCUT2D eigenvalue weighted by Crippen LogP contribution is 2.45. The molecule has 2 aliphatic rings. The molecule has 0 saturated carbocycles. The molecule has 9 nitrogen and oxygen atoms in total. The molecule has 1 amide bonds. The summed E-state index contributed by atoms with van der Waals surface area (Å²) in [6, 6.07) is 1.21. The summed E-state index contributed by atoms with van der Waals surface area (Å²) in [5, 5.41) is 7.70. The number of sulfonamides is 1. The molecule has 3 N–H and O–H groups in total. The summed E-state index contributed by atoms with van der Waals surface area (Å²) in [5.41, 5.74) is -0.664. The van der Waals surface area contributed by atoms with Crippen molar-refractivity contribution in [3.63, 3.8) is 0 Å². The molecule has 12 heteroatoms. The first-order chi connectivity index (χ1) is 13.9. The van der Waals surface area contributed by atoms with Crippen molar-refractivity contribution in [2.75, 3.05) is 13.7 Å². The number of nitrogens with two attached hydrogens (primary N) is 1. The number of fused-ring (bicyclic) bond motifs is 1. The second kappa shape index (κ2) is 7.59. The zero-order valence-electron chi connectivity index (χ0n) is 16.4. The maximum atomic E-state index is 13.0. The average molecular weight is 475 g/mol. The first-order valence-electron chi connectivity index (χ1n) is 8.99. The van der Waals surface area contributed by atoms with Crippen molar-refractivity contribution >= 4 is 43.1 Å². The van der Waals surface area contributed by atoms with Crippen LogP contribution in [0.25, 0.3) is 0 Å². The molecule has 0 bridgehead atoms. The van der Waals surface area contributed by atoms with E-state index in [0.717, 1.165) is 0 Å². The van der Waals surface area contributed by atoms with Crippen LogP contribution in [-0.2, 0) is 40.6 Å². The molecule has 0 aromatic carbocycles. The number of esters is 1. The van der Waals surface area contributed by atoms with Gasteiger partial charge < -0.3 is 10.1 Å². The van der Waals surface area contributed by atoms with Crippen LogP contribution in [0.4, 0.5) is 0 Å². The monoisotopic (exact) mass is 474 g/mol. The number of allylic oxidation sites excluding steroid dienone is 3. The summed E-state index contributed by atoms with van der Waals surface area (Å²) in [4.78, 5) is 25.1. The lowest BCUT2D eigenvalue weighted by atomic mass is 9.78. The molecular weight excluding hydrogens is 452 g/mol. The maximum absolute atomic E-state index is 13.0. The van der Waals surface area contributed by atoms with Gasteiger partial charge in [-0.1, -0.05) is 24.3 Å². The molecule has 0 fully saturated rings. The first-order valence-corrected chi connectivity index (χ1v) is 12.8. The molecule has 1 aromatic heterocycles. The lowest BCUT2D eigenvalue weighted by molar-refractivity contribution is -0.150. The number of carbonyl (C=O) groups is 2. The Morgan fingerprint density at radius 2 is 2.03 bits per heavy atom. The number of sulfone groups is 1. The van der Waals surface area contributed by atoms with Gasteiger partial charge in [0, 0.05) is 13.0 Å². The van der Waals surface area contributed by atoms with Gasteiger partial charge in [0.05, 0.1) is 12.5 Å². The summed E-state index contributed by atoms with van der Waals surface area (Å²) in [6.07, 6.45) is 7.56. The minimum atomic E-state index is -4.11. The van der Waals surface area contributed by atoms with Gasteiger partial charge in [0.25, 0.3) is 0 Å². The average Bonchev–Trinajstić information content (AvgIpc) is 3.19. The largest absolute Gasteiger partial charge is 0.468 e. The van der Waals surface area contributed by atoms with Gasteiger partial charge in [-0.3, -0.25) is 9.59 Å².